The van der Waals surface area contributed by atoms with Crippen LogP contribution >= 0.6 is 0 Å². The first-order chi connectivity index (χ1) is 11.2. The summed E-state index contributed by atoms with van der Waals surface area (Å²) in [5.74, 6) is 3.21. The molecule has 1 aromatic carbocycles. The lowest BCUT2D eigenvalue weighted by Crippen LogP contribution is -2.40. The van der Waals surface area contributed by atoms with Crippen molar-refractivity contribution in [2.45, 2.75) is 62.6 Å². The van der Waals surface area contributed by atoms with Crippen LogP contribution in [0.1, 0.15) is 38.7 Å². The minimum Gasteiger partial charge on any atom is -0.378 e. The van der Waals surface area contributed by atoms with Gasteiger partial charge in [-0.1, -0.05) is 37.5 Å². The molecule has 2 fully saturated rings. The van der Waals surface area contributed by atoms with E-state index in [4.69, 9.17) is 6.42 Å². The summed E-state index contributed by atoms with van der Waals surface area (Å²) in [6, 6.07) is 6.66. The zero-order valence-corrected chi connectivity index (χ0v) is 15.3. The molecule has 1 aliphatic carbocycles. The largest absolute Gasteiger partial charge is 0.378 e. The Kier molecular flexibility index (Phi) is 4.28. The molecule has 4 nitrogen and oxygen atoms in total. The number of rotatable bonds is 4. The van der Waals surface area contributed by atoms with Crippen molar-refractivity contribution in [3.63, 3.8) is 0 Å². The lowest BCUT2D eigenvalue weighted by molar-refractivity contribution is 0.126. The highest BCUT2D eigenvalue weighted by molar-refractivity contribution is 7.89. The molecule has 1 aliphatic heterocycles. The predicted molar refractivity (Wildman–Crippen MR) is 93.7 cm³/mol. The number of aryl methyl sites for hydroxylation is 1. The molecule has 1 N–H and O–H groups in total. The van der Waals surface area contributed by atoms with Crippen LogP contribution < -0.4 is 0 Å². The number of hydrogen-bond acceptors (Lipinski definition) is 3. The molecule has 0 bridgehead atoms. The predicted octanol–water partition coefficient (Wildman–Crippen LogP) is 2.56. The molecule has 0 aromatic heterocycles. The molecule has 1 unspecified atom stereocenters. The van der Waals surface area contributed by atoms with Gasteiger partial charge < -0.3 is 5.11 Å². The standard InChI is InChI=1S/C19H25NO3S/c1-5-18(21)19-12-15(13(2)3)8-11-17(19)20(19)24(22,23)16-9-6-14(4)7-10-16/h1,6-7,9-10,13,15,17-18,21H,8,11-12H2,2-4H3/t15-,17+,18-,19-,20?/m0/s1. The number of aliphatic hydroxyl groups excluding tert-OH is 1. The van der Waals surface area contributed by atoms with Crippen LogP contribution in [0.25, 0.3) is 0 Å². The molecule has 1 saturated heterocycles. The van der Waals surface area contributed by atoms with E-state index in [1.165, 1.54) is 4.31 Å². The second kappa shape index (κ2) is 5.87. The molecular weight excluding hydrogens is 322 g/mol. The van der Waals surface area contributed by atoms with Gasteiger partial charge in [-0.25, -0.2) is 8.42 Å². The van der Waals surface area contributed by atoms with Gasteiger partial charge in [-0.2, -0.15) is 4.31 Å². The average Bonchev–Trinajstić information content (AvgIpc) is 3.24. The van der Waals surface area contributed by atoms with E-state index in [2.05, 4.69) is 19.8 Å². The van der Waals surface area contributed by atoms with Crippen LogP contribution in [0.15, 0.2) is 29.2 Å². The fraction of sp³-hybridized carbons (Fsp3) is 0.579. The van der Waals surface area contributed by atoms with E-state index in [0.717, 1.165) is 18.4 Å². The van der Waals surface area contributed by atoms with Crippen LogP contribution in [0.4, 0.5) is 0 Å². The van der Waals surface area contributed by atoms with Crippen molar-refractivity contribution in [3.8, 4) is 12.3 Å². The number of nitrogens with zero attached hydrogens (tertiary/aromatic N) is 1. The Morgan fingerprint density at radius 2 is 1.92 bits per heavy atom. The zero-order chi connectivity index (χ0) is 17.7. The first-order valence-electron chi connectivity index (χ1n) is 8.50. The van der Waals surface area contributed by atoms with E-state index in [1.807, 2.05) is 6.92 Å². The third kappa shape index (κ3) is 2.48. The van der Waals surface area contributed by atoms with Gasteiger partial charge in [-0.3, -0.25) is 0 Å². The Hall–Kier alpha value is -1.35. The summed E-state index contributed by atoms with van der Waals surface area (Å²) in [6.45, 7) is 6.20. The van der Waals surface area contributed by atoms with Gasteiger partial charge in [0, 0.05) is 6.04 Å². The van der Waals surface area contributed by atoms with Gasteiger partial charge in [0.25, 0.3) is 0 Å². The maximum Gasteiger partial charge on any atom is 0.244 e. The first-order valence-corrected chi connectivity index (χ1v) is 9.94. The van der Waals surface area contributed by atoms with Gasteiger partial charge in [0.1, 0.15) is 6.10 Å². The van der Waals surface area contributed by atoms with Crippen molar-refractivity contribution in [3.05, 3.63) is 29.8 Å². The second-order valence-electron chi connectivity index (χ2n) is 7.48. The average molecular weight is 347 g/mol. The van der Waals surface area contributed by atoms with Crippen LogP contribution in [0, 0.1) is 31.1 Å². The maximum absolute atomic E-state index is 13.1. The van der Waals surface area contributed by atoms with Crippen molar-refractivity contribution < 1.29 is 13.5 Å². The Balaban J connectivity index is 1.99. The highest BCUT2D eigenvalue weighted by atomic mass is 32.2. The van der Waals surface area contributed by atoms with Gasteiger partial charge in [-0.15, -0.1) is 6.42 Å². The Morgan fingerprint density at radius 1 is 1.29 bits per heavy atom. The van der Waals surface area contributed by atoms with Crippen LogP contribution in [-0.4, -0.2) is 35.5 Å². The maximum atomic E-state index is 13.1. The van der Waals surface area contributed by atoms with Gasteiger partial charge in [0.15, 0.2) is 0 Å². The molecule has 24 heavy (non-hydrogen) atoms. The van der Waals surface area contributed by atoms with Crippen LogP contribution in [-0.2, 0) is 10.0 Å². The number of benzene rings is 1. The Bertz CT molecular complexity index is 763. The van der Waals surface area contributed by atoms with Gasteiger partial charge in [-0.05, 0) is 50.2 Å². The summed E-state index contributed by atoms with van der Waals surface area (Å²) >= 11 is 0. The van der Waals surface area contributed by atoms with Crippen molar-refractivity contribution in [1.82, 2.24) is 4.31 Å². The van der Waals surface area contributed by atoms with Crippen LogP contribution in [0.3, 0.4) is 0 Å². The van der Waals surface area contributed by atoms with E-state index in [9.17, 15) is 13.5 Å². The molecule has 1 aromatic rings. The smallest absolute Gasteiger partial charge is 0.244 e. The third-order valence-electron chi connectivity index (χ3n) is 5.75. The monoisotopic (exact) mass is 347 g/mol. The first kappa shape index (κ1) is 17.5. The molecule has 1 heterocycles. The van der Waals surface area contributed by atoms with Gasteiger partial charge >= 0.3 is 0 Å². The summed E-state index contributed by atoms with van der Waals surface area (Å²) in [7, 11) is -3.65. The summed E-state index contributed by atoms with van der Waals surface area (Å²) < 4.78 is 27.7. The fourth-order valence-corrected chi connectivity index (χ4v) is 6.24. The molecule has 2 aliphatic rings. The molecule has 0 spiro atoms. The van der Waals surface area contributed by atoms with E-state index in [-0.39, 0.29) is 10.9 Å². The molecule has 5 atom stereocenters. The molecule has 130 valence electrons. The zero-order valence-electron chi connectivity index (χ0n) is 14.4. The molecular formula is C19H25NO3S. The summed E-state index contributed by atoms with van der Waals surface area (Å²) in [5.41, 5.74) is 0.182. The van der Waals surface area contributed by atoms with E-state index in [0.29, 0.717) is 18.3 Å². The quantitative estimate of drug-likeness (QED) is 0.673. The number of aliphatic hydroxyl groups is 1. The lowest BCUT2D eigenvalue weighted by Gasteiger charge is -2.31. The minimum absolute atomic E-state index is 0.190. The van der Waals surface area contributed by atoms with E-state index >= 15 is 0 Å². The molecule has 0 radical (unpaired) electrons. The second-order valence-corrected chi connectivity index (χ2v) is 9.29. The Morgan fingerprint density at radius 3 is 2.46 bits per heavy atom. The molecule has 0 amide bonds. The van der Waals surface area contributed by atoms with Crippen molar-refractivity contribution in [2.24, 2.45) is 11.8 Å². The fourth-order valence-electron chi connectivity index (χ4n) is 4.21. The van der Waals surface area contributed by atoms with E-state index in [1.54, 1.807) is 24.3 Å². The summed E-state index contributed by atoms with van der Waals surface area (Å²) in [6.07, 6.45) is 6.77. The topological polar surface area (TPSA) is 57.4 Å². The summed E-state index contributed by atoms with van der Waals surface area (Å²) in [5, 5.41) is 10.5. The number of terminal acetylenes is 1. The molecule has 1 saturated carbocycles. The minimum atomic E-state index is -3.65. The highest BCUT2D eigenvalue weighted by Crippen LogP contribution is 2.58. The van der Waals surface area contributed by atoms with Crippen LogP contribution in [0.5, 0.6) is 0 Å². The Labute approximate surface area is 144 Å². The van der Waals surface area contributed by atoms with Gasteiger partial charge in [0.2, 0.25) is 10.0 Å². The lowest BCUT2D eigenvalue weighted by atomic mass is 9.74. The highest BCUT2D eigenvalue weighted by Gasteiger charge is 2.73. The normalized spacial score (nSPS) is 33.6. The van der Waals surface area contributed by atoms with Crippen molar-refractivity contribution in [1.29, 1.82) is 0 Å². The van der Waals surface area contributed by atoms with Crippen LogP contribution in [0.2, 0.25) is 0 Å². The number of fused-ring (bicyclic) bond motifs is 1. The molecule has 3 rings (SSSR count). The van der Waals surface area contributed by atoms with Crippen molar-refractivity contribution in [2.75, 3.05) is 0 Å². The summed E-state index contributed by atoms with van der Waals surface area (Å²) in [4.78, 5) is 0.271. The van der Waals surface area contributed by atoms with Crippen molar-refractivity contribution >= 4 is 10.0 Å². The molecule has 5 heteroatoms. The third-order valence-corrected chi connectivity index (χ3v) is 7.73. The SMILES string of the molecule is C#C[C@H](O)[C@]12C[C@@H](C(C)C)CC[C@H]1N2S(=O)(=O)c1ccc(C)cc1. The van der Waals surface area contributed by atoms with Gasteiger partial charge in [0.05, 0.1) is 10.4 Å². The van der Waals surface area contributed by atoms with E-state index < -0.39 is 21.7 Å². The number of hydrogen-bond donors (Lipinski definition) is 1. The number of sulfonamides is 1.